The third-order valence-electron chi connectivity index (χ3n) is 3.41. The molecule has 4 rings (SSSR count). The SMILES string of the molecule is CN1CSc2ccccc21.COc1cccc2c1C(=O)N2. The molecule has 0 fully saturated rings. The van der Waals surface area contributed by atoms with Crippen LogP contribution in [0, 0.1) is 0 Å². The van der Waals surface area contributed by atoms with Gasteiger partial charge in [-0.2, -0.15) is 0 Å². The lowest BCUT2D eigenvalue weighted by atomic mass is 10.0. The summed E-state index contributed by atoms with van der Waals surface area (Å²) in [5.74, 6) is 1.68. The smallest absolute Gasteiger partial charge is 0.261 e. The average molecular weight is 300 g/mol. The lowest BCUT2D eigenvalue weighted by Gasteiger charge is -2.20. The van der Waals surface area contributed by atoms with Gasteiger partial charge in [0.05, 0.1) is 24.4 Å². The van der Waals surface area contributed by atoms with Gasteiger partial charge >= 0.3 is 0 Å². The number of methoxy groups -OCH3 is 1. The van der Waals surface area contributed by atoms with E-state index in [9.17, 15) is 4.79 Å². The highest BCUT2D eigenvalue weighted by atomic mass is 32.2. The first-order valence-electron chi connectivity index (χ1n) is 6.62. The summed E-state index contributed by atoms with van der Waals surface area (Å²) >= 11 is 1.90. The number of rotatable bonds is 1. The van der Waals surface area contributed by atoms with Crippen LogP contribution >= 0.6 is 11.8 Å². The molecule has 5 heteroatoms. The van der Waals surface area contributed by atoms with Crippen molar-refractivity contribution >= 4 is 29.0 Å². The molecule has 2 heterocycles. The third kappa shape index (κ3) is 2.56. The van der Waals surface area contributed by atoms with Crippen LogP contribution in [0.15, 0.2) is 47.4 Å². The summed E-state index contributed by atoms with van der Waals surface area (Å²) in [6, 6.07) is 14.0. The van der Waals surface area contributed by atoms with Crippen molar-refractivity contribution in [1.82, 2.24) is 0 Å². The van der Waals surface area contributed by atoms with Crippen LogP contribution in [0.4, 0.5) is 11.4 Å². The van der Waals surface area contributed by atoms with E-state index < -0.39 is 0 Å². The van der Waals surface area contributed by atoms with Crippen molar-refractivity contribution in [2.45, 2.75) is 4.90 Å². The van der Waals surface area contributed by atoms with Gasteiger partial charge in [-0.25, -0.2) is 0 Å². The van der Waals surface area contributed by atoms with E-state index in [2.05, 4.69) is 41.5 Å². The van der Waals surface area contributed by atoms with E-state index >= 15 is 0 Å². The van der Waals surface area contributed by atoms with Crippen molar-refractivity contribution in [3.8, 4) is 5.75 Å². The van der Waals surface area contributed by atoms with Crippen LogP contribution in [0.3, 0.4) is 0 Å². The quantitative estimate of drug-likeness (QED) is 0.876. The standard InChI is InChI=1S/C8H7NO2.C8H9NS/c1-11-6-4-2-3-5-7(6)8(10)9-5;1-9-6-10-8-5-3-2-4-7(8)9/h2-4H,1H3,(H,9,10);2-5H,6H2,1H3. The molecule has 0 unspecified atom stereocenters. The van der Waals surface area contributed by atoms with Crippen molar-refractivity contribution < 1.29 is 9.53 Å². The highest BCUT2D eigenvalue weighted by Gasteiger charge is 2.26. The molecule has 21 heavy (non-hydrogen) atoms. The number of ether oxygens (including phenoxy) is 1. The van der Waals surface area contributed by atoms with E-state index in [4.69, 9.17) is 4.74 Å². The first kappa shape index (κ1) is 13.8. The van der Waals surface area contributed by atoms with Gasteiger partial charge in [0.15, 0.2) is 0 Å². The molecule has 2 aromatic rings. The number of benzene rings is 2. The summed E-state index contributed by atoms with van der Waals surface area (Å²) in [6.07, 6.45) is 0. The topological polar surface area (TPSA) is 41.6 Å². The summed E-state index contributed by atoms with van der Waals surface area (Å²) in [5.41, 5.74) is 2.89. The number of carbonyl (C=O) groups excluding carboxylic acids is 1. The Bertz CT molecular complexity index is 688. The van der Waals surface area contributed by atoms with Gasteiger partial charge in [0.25, 0.3) is 5.91 Å². The van der Waals surface area contributed by atoms with Crippen LogP contribution in [0.1, 0.15) is 10.4 Å². The van der Waals surface area contributed by atoms with Crippen LogP contribution in [-0.4, -0.2) is 25.9 Å². The van der Waals surface area contributed by atoms with Crippen molar-refractivity contribution in [2.24, 2.45) is 0 Å². The van der Waals surface area contributed by atoms with Gasteiger partial charge in [0.1, 0.15) is 11.3 Å². The third-order valence-corrected chi connectivity index (χ3v) is 4.58. The molecular weight excluding hydrogens is 284 g/mol. The molecule has 0 saturated carbocycles. The van der Waals surface area contributed by atoms with E-state index in [1.165, 1.54) is 10.6 Å². The number of nitrogens with one attached hydrogen (secondary N) is 1. The number of nitrogens with zero attached hydrogens (tertiary/aromatic N) is 1. The fourth-order valence-electron chi connectivity index (χ4n) is 2.29. The van der Waals surface area contributed by atoms with Crippen LogP contribution in [0.5, 0.6) is 5.75 Å². The molecule has 1 amide bonds. The van der Waals surface area contributed by atoms with Gasteiger partial charge in [-0.15, -0.1) is 11.8 Å². The number of thioether (sulfide) groups is 1. The second kappa shape index (κ2) is 5.69. The van der Waals surface area contributed by atoms with Crippen molar-refractivity contribution in [1.29, 1.82) is 0 Å². The molecule has 0 bridgehead atoms. The summed E-state index contributed by atoms with van der Waals surface area (Å²) < 4.78 is 4.99. The molecule has 2 aromatic carbocycles. The van der Waals surface area contributed by atoms with Crippen molar-refractivity contribution in [3.05, 3.63) is 48.0 Å². The minimum atomic E-state index is -0.0579. The average Bonchev–Trinajstić information content (AvgIpc) is 2.88. The fraction of sp³-hybridized carbons (Fsp3) is 0.188. The zero-order valence-corrected chi connectivity index (χ0v) is 12.7. The number of hydrogen-bond acceptors (Lipinski definition) is 4. The van der Waals surface area contributed by atoms with Crippen LogP contribution in [0.2, 0.25) is 0 Å². The molecule has 108 valence electrons. The van der Waals surface area contributed by atoms with E-state index in [0.717, 1.165) is 11.6 Å². The summed E-state index contributed by atoms with van der Waals surface area (Å²) in [7, 11) is 3.68. The maximum atomic E-state index is 10.9. The molecule has 4 nitrogen and oxygen atoms in total. The number of anilines is 2. The predicted molar refractivity (Wildman–Crippen MR) is 86.5 cm³/mol. The summed E-state index contributed by atoms with van der Waals surface area (Å²) in [5, 5.41) is 2.64. The van der Waals surface area contributed by atoms with Gasteiger partial charge in [-0.05, 0) is 24.3 Å². The predicted octanol–water partition coefficient (Wildman–Crippen LogP) is 3.45. The molecule has 2 aliphatic heterocycles. The lowest BCUT2D eigenvalue weighted by molar-refractivity contribution is 0.100. The number of carbonyl (C=O) groups is 1. The van der Waals surface area contributed by atoms with Crippen molar-refractivity contribution in [2.75, 3.05) is 30.3 Å². The van der Waals surface area contributed by atoms with Gasteiger partial charge in [-0.1, -0.05) is 18.2 Å². The second-order valence-electron chi connectivity index (χ2n) is 4.78. The van der Waals surface area contributed by atoms with E-state index in [0.29, 0.717) is 11.3 Å². The minimum absolute atomic E-state index is 0.0579. The molecule has 0 atom stereocenters. The molecule has 0 spiro atoms. The van der Waals surface area contributed by atoms with Crippen LogP contribution < -0.4 is 15.0 Å². The highest BCUT2D eigenvalue weighted by molar-refractivity contribution is 7.99. The molecule has 1 N–H and O–H groups in total. The normalized spacial score (nSPS) is 14.2. The van der Waals surface area contributed by atoms with Gasteiger partial charge < -0.3 is 15.0 Å². The summed E-state index contributed by atoms with van der Waals surface area (Å²) in [4.78, 5) is 14.6. The minimum Gasteiger partial charge on any atom is -0.496 e. The highest BCUT2D eigenvalue weighted by Crippen LogP contribution is 2.36. The molecule has 0 saturated heterocycles. The van der Waals surface area contributed by atoms with Crippen LogP contribution in [-0.2, 0) is 0 Å². The first-order valence-corrected chi connectivity index (χ1v) is 7.60. The molecule has 0 radical (unpaired) electrons. The number of para-hydroxylation sites is 1. The Labute approximate surface area is 128 Å². The van der Waals surface area contributed by atoms with Gasteiger partial charge in [-0.3, -0.25) is 4.79 Å². The van der Waals surface area contributed by atoms with Crippen LogP contribution in [0.25, 0.3) is 0 Å². The first-order chi connectivity index (χ1) is 10.2. The van der Waals surface area contributed by atoms with E-state index in [-0.39, 0.29) is 5.91 Å². The Morgan fingerprint density at radius 1 is 1.19 bits per heavy atom. The fourth-order valence-corrected chi connectivity index (χ4v) is 3.31. The molecule has 0 aliphatic carbocycles. The van der Waals surface area contributed by atoms with Gasteiger partial charge in [0, 0.05) is 11.9 Å². The maximum absolute atomic E-state index is 10.9. The van der Waals surface area contributed by atoms with Crippen molar-refractivity contribution in [3.63, 3.8) is 0 Å². The Kier molecular flexibility index (Phi) is 3.75. The Morgan fingerprint density at radius 3 is 2.67 bits per heavy atom. The van der Waals surface area contributed by atoms with Gasteiger partial charge in [0.2, 0.25) is 0 Å². The zero-order chi connectivity index (χ0) is 14.8. The molecular formula is C16H16N2O2S. The Hall–Kier alpha value is -2.14. The zero-order valence-electron chi connectivity index (χ0n) is 11.9. The maximum Gasteiger partial charge on any atom is 0.261 e. The molecule has 2 aliphatic rings. The number of hydrogen-bond donors (Lipinski definition) is 1. The van der Waals surface area contributed by atoms with E-state index in [1.807, 2.05) is 23.9 Å². The largest absolute Gasteiger partial charge is 0.496 e. The lowest BCUT2D eigenvalue weighted by Crippen LogP contribution is -2.25. The molecule has 0 aromatic heterocycles. The second-order valence-corrected chi connectivity index (χ2v) is 5.76. The summed E-state index contributed by atoms with van der Waals surface area (Å²) in [6.45, 7) is 0. The number of fused-ring (bicyclic) bond motifs is 2. The van der Waals surface area contributed by atoms with E-state index in [1.54, 1.807) is 13.2 Å². The Morgan fingerprint density at radius 2 is 2.00 bits per heavy atom. The Balaban J connectivity index is 0.000000126. The monoisotopic (exact) mass is 300 g/mol. The number of amides is 1.